The van der Waals surface area contributed by atoms with Crippen LogP contribution in [0.4, 0.5) is 0 Å². The maximum absolute atomic E-state index is 13.0. The fraction of sp³-hybridized carbons (Fsp3) is 0.304. The molecule has 4 rings (SSSR count). The molecule has 154 valence electrons. The van der Waals surface area contributed by atoms with Crippen LogP contribution in [0.2, 0.25) is 0 Å². The Hall–Kier alpha value is -3.48. The number of hydrogen-bond acceptors (Lipinski definition) is 5. The normalized spacial score (nSPS) is 11.2. The Labute approximate surface area is 175 Å². The van der Waals surface area contributed by atoms with Crippen LogP contribution in [0.5, 0.6) is 0 Å². The van der Waals surface area contributed by atoms with Crippen molar-refractivity contribution < 1.29 is 9.32 Å². The Kier molecular flexibility index (Phi) is 5.11. The molecule has 1 aromatic carbocycles. The van der Waals surface area contributed by atoms with Gasteiger partial charge in [-0.2, -0.15) is 5.10 Å². The van der Waals surface area contributed by atoms with E-state index in [0.29, 0.717) is 24.2 Å². The van der Waals surface area contributed by atoms with Crippen molar-refractivity contribution in [3.8, 4) is 5.69 Å². The van der Waals surface area contributed by atoms with Crippen LogP contribution >= 0.6 is 0 Å². The van der Waals surface area contributed by atoms with E-state index in [1.807, 2.05) is 65.0 Å². The van der Waals surface area contributed by atoms with Crippen LogP contribution in [0.3, 0.4) is 0 Å². The first kappa shape index (κ1) is 19.8. The Morgan fingerprint density at radius 1 is 1.07 bits per heavy atom. The average Bonchev–Trinajstić information content (AvgIpc) is 3.21. The fourth-order valence-electron chi connectivity index (χ4n) is 3.71. The fourth-order valence-corrected chi connectivity index (χ4v) is 3.71. The highest BCUT2D eigenvalue weighted by Gasteiger charge is 2.19. The van der Waals surface area contributed by atoms with E-state index in [-0.39, 0.29) is 5.91 Å². The summed E-state index contributed by atoms with van der Waals surface area (Å²) in [4.78, 5) is 17.7. The van der Waals surface area contributed by atoms with Crippen LogP contribution in [0, 0.1) is 34.6 Å². The lowest BCUT2D eigenvalue weighted by Gasteiger charge is -2.09. The third-order valence-electron chi connectivity index (χ3n) is 5.31. The van der Waals surface area contributed by atoms with Gasteiger partial charge in [0.15, 0.2) is 5.65 Å². The summed E-state index contributed by atoms with van der Waals surface area (Å²) < 4.78 is 7.00. The predicted octanol–water partition coefficient (Wildman–Crippen LogP) is 3.92. The molecule has 7 nitrogen and oxygen atoms in total. The van der Waals surface area contributed by atoms with E-state index in [2.05, 4.69) is 20.6 Å². The molecule has 0 saturated heterocycles. The third kappa shape index (κ3) is 3.58. The molecule has 30 heavy (non-hydrogen) atoms. The first-order valence-corrected chi connectivity index (χ1v) is 9.99. The monoisotopic (exact) mass is 403 g/mol. The van der Waals surface area contributed by atoms with Crippen LogP contribution in [-0.2, 0) is 6.42 Å². The number of rotatable bonds is 5. The van der Waals surface area contributed by atoms with E-state index in [0.717, 1.165) is 39.5 Å². The second kappa shape index (κ2) is 7.74. The SMILES string of the molecule is Cc1ccc(-n2nc(C)c3c(C(=O)NCCc4c(C)noc4C)cc(C)nc32)cc1. The van der Waals surface area contributed by atoms with Crippen molar-refractivity contribution in [2.75, 3.05) is 6.54 Å². The average molecular weight is 403 g/mol. The third-order valence-corrected chi connectivity index (χ3v) is 5.31. The summed E-state index contributed by atoms with van der Waals surface area (Å²) in [6.07, 6.45) is 0.668. The van der Waals surface area contributed by atoms with E-state index in [1.54, 1.807) is 4.68 Å². The molecular weight excluding hydrogens is 378 g/mol. The first-order valence-electron chi connectivity index (χ1n) is 9.99. The summed E-state index contributed by atoms with van der Waals surface area (Å²) in [7, 11) is 0. The molecule has 3 heterocycles. The lowest BCUT2D eigenvalue weighted by atomic mass is 10.1. The Morgan fingerprint density at radius 3 is 2.47 bits per heavy atom. The Balaban J connectivity index is 1.65. The predicted molar refractivity (Wildman–Crippen MR) is 115 cm³/mol. The van der Waals surface area contributed by atoms with Crippen molar-refractivity contribution in [2.24, 2.45) is 0 Å². The molecule has 0 saturated carbocycles. The zero-order valence-corrected chi connectivity index (χ0v) is 17.9. The molecule has 4 aromatic rings. The van der Waals surface area contributed by atoms with Gasteiger partial charge in [0.05, 0.1) is 28.0 Å². The zero-order valence-electron chi connectivity index (χ0n) is 17.9. The van der Waals surface area contributed by atoms with E-state index in [4.69, 9.17) is 4.52 Å². The van der Waals surface area contributed by atoms with Gasteiger partial charge >= 0.3 is 0 Å². The van der Waals surface area contributed by atoms with Crippen LogP contribution in [-0.4, -0.2) is 32.4 Å². The number of nitrogens with one attached hydrogen (secondary N) is 1. The van der Waals surface area contributed by atoms with Gasteiger partial charge in [-0.25, -0.2) is 9.67 Å². The van der Waals surface area contributed by atoms with Crippen molar-refractivity contribution in [2.45, 2.75) is 41.0 Å². The molecular formula is C23H25N5O2. The highest BCUT2D eigenvalue weighted by Crippen LogP contribution is 2.25. The highest BCUT2D eigenvalue weighted by molar-refractivity contribution is 6.06. The van der Waals surface area contributed by atoms with Crippen LogP contribution < -0.4 is 5.32 Å². The van der Waals surface area contributed by atoms with Gasteiger partial charge in [0, 0.05) is 17.8 Å². The van der Waals surface area contributed by atoms with Crippen LogP contribution in [0.1, 0.15) is 44.3 Å². The summed E-state index contributed by atoms with van der Waals surface area (Å²) in [6.45, 7) is 10.1. The second-order valence-electron chi connectivity index (χ2n) is 7.65. The van der Waals surface area contributed by atoms with E-state index >= 15 is 0 Å². The first-order chi connectivity index (χ1) is 14.3. The van der Waals surface area contributed by atoms with Crippen LogP contribution in [0.15, 0.2) is 34.9 Å². The van der Waals surface area contributed by atoms with E-state index < -0.39 is 0 Å². The van der Waals surface area contributed by atoms with Crippen LogP contribution in [0.25, 0.3) is 16.7 Å². The molecule has 0 unspecified atom stereocenters. The van der Waals surface area contributed by atoms with Crippen molar-refractivity contribution in [3.05, 3.63) is 69.9 Å². The number of amides is 1. The van der Waals surface area contributed by atoms with Gasteiger partial charge in [-0.1, -0.05) is 22.9 Å². The molecule has 0 aliphatic heterocycles. The molecule has 0 fully saturated rings. The summed E-state index contributed by atoms with van der Waals surface area (Å²) in [5, 5.41) is 12.4. The Morgan fingerprint density at radius 2 is 1.80 bits per heavy atom. The van der Waals surface area contributed by atoms with Gasteiger partial charge in [0.25, 0.3) is 5.91 Å². The smallest absolute Gasteiger partial charge is 0.252 e. The Bertz CT molecular complexity index is 1220. The number of pyridine rings is 1. The standard InChI is InChI=1S/C23H25N5O2/c1-13-6-8-18(9-7-13)28-22-21(16(4)26-28)20(12-14(2)25-22)23(29)24-11-10-19-15(3)27-30-17(19)5/h6-9,12H,10-11H2,1-5H3,(H,24,29). The van der Waals surface area contributed by atoms with E-state index in [1.165, 1.54) is 5.56 Å². The number of hydrogen-bond donors (Lipinski definition) is 1. The highest BCUT2D eigenvalue weighted by atomic mass is 16.5. The molecule has 1 amide bonds. The lowest BCUT2D eigenvalue weighted by molar-refractivity contribution is 0.0955. The van der Waals surface area contributed by atoms with Crippen molar-refractivity contribution in [1.82, 2.24) is 25.2 Å². The summed E-state index contributed by atoms with van der Waals surface area (Å²) in [5.41, 5.74) is 6.81. The number of fused-ring (bicyclic) bond motifs is 1. The van der Waals surface area contributed by atoms with Crippen molar-refractivity contribution >= 4 is 16.9 Å². The molecule has 0 bridgehead atoms. The lowest BCUT2D eigenvalue weighted by Crippen LogP contribution is -2.26. The maximum atomic E-state index is 13.0. The van der Waals surface area contributed by atoms with Crippen molar-refractivity contribution in [3.63, 3.8) is 0 Å². The van der Waals surface area contributed by atoms with Gasteiger partial charge in [-0.05, 0) is 59.2 Å². The number of aromatic nitrogens is 4. The summed E-state index contributed by atoms with van der Waals surface area (Å²) in [6, 6.07) is 9.91. The summed E-state index contributed by atoms with van der Waals surface area (Å²) in [5.74, 6) is 0.655. The molecule has 0 spiro atoms. The minimum atomic E-state index is -0.135. The quantitative estimate of drug-likeness (QED) is 0.546. The number of nitrogens with zero attached hydrogens (tertiary/aromatic N) is 4. The minimum Gasteiger partial charge on any atom is -0.361 e. The molecule has 3 aromatic heterocycles. The minimum absolute atomic E-state index is 0.135. The molecule has 0 aliphatic rings. The van der Waals surface area contributed by atoms with Gasteiger partial charge in [0.2, 0.25) is 0 Å². The second-order valence-corrected chi connectivity index (χ2v) is 7.65. The van der Waals surface area contributed by atoms with Gasteiger partial charge in [-0.15, -0.1) is 0 Å². The van der Waals surface area contributed by atoms with Gasteiger partial charge < -0.3 is 9.84 Å². The van der Waals surface area contributed by atoms with Gasteiger partial charge in [0.1, 0.15) is 5.76 Å². The zero-order chi connectivity index (χ0) is 21.4. The largest absolute Gasteiger partial charge is 0.361 e. The number of aryl methyl sites for hydroxylation is 5. The van der Waals surface area contributed by atoms with Gasteiger partial charge in [-0.3, -0.25) is 4.79 Å². The molecule has 7 heteroatoms. The molecule has 0 radical (unpaired) electrons. The number of benzene rings is 1. The number of carbonyl (C=O) groups excluding carboxylic acids is 1. The molecule has 1 N–H and O–H groups in total. The summed E-state index contributed by atoms with van der Waals surface area (Å²) >= 11 is 0. The van der Waals surface area contributed by atoms with E-state index in [9.17, 15) is 4.79 Å². The molecule has 0 aliphatic carbocycles. The maximum Gasteiger partial charge on any atom is 0.252 e. The number of carbonyl (C=O) groups is 1. The molecule has 0 atom stereocenters. The topological polar surface area (TPSA) is 85.8 Å². The van der Waals surface area contributed by atoms with Crippen molar-refractivity contribution in [1.29, 1.82) is 0 Å².